The minimum Gasteiger partial charge on any atom is -0.326 e. The highest BCUT2D eigenvalue weighted by atomic mass is 32.2. The van der Waals surface area contributed by atoms with Crippen molar-refractivity contribution in [3.8, 4) is 0 Å². The van der Waals surface area contributed by atoms with E-state index in [-0.39, 0.29) is 24.8 Å². The number of hydrogen-bond acceptors (Lipinski definition) is 4. The maximum absolute atomic E-state index is 12.7. The van der Waals surface area contributed by atoms with Crippen LogP contribution < -0.4 is 5.32 Å². The first-order valence-electron chi connectivity index (χ1n) is 9.60. The average Bonchev–Trinajstić information content (AvgIpc) is 3.00. The van der Waals surface area contributed by atoms with Crippen LogP contribution in [0.5, 0.6) is 0 Å². The van der Waals surface area contributed by atoms with Gasteiger partial charge in [0, 0.05) is 18.7 Å². The van der Waals surface area contributed by atoms with E-state index < -0.39 is 0 Å². The third-order valence-corrected chi connectivity index (χ3v) is 6.22. The number of benzene rings is 3. The van der Waals surface area contributed by atoms with E-state index in [0.717, 1.165) is 27.6 Å². The van der Waals surface area contributed by atoms with Crippen LogP contribution >= 0.6 is 24.0 Å². The smallest absolute Gasteiger partial charge is 0.266 e. The largest absolute Gasteiger partial charge is 0.326 e. The van der Waals surface area contributed by atoms with E-state index in [4.69, 9.17) is 12.2 Å². The van der Waals surface area contributed by atoms with Crippen molar-refractivity contribution in [3.05, 3.63) is 82.8 Å². The van der Waals surface area contributed by atoms with Crippen molar-refractivity contribution in [2.24, 2.45) is 0 Å². The van der Waals surface area contributed by atoms with Crippen LogP contribution in [-0.2, 0) is 9.59 Å². The highest BCUT2D eigenvalue weighted by Crippen LogP contribution is 2.32. The molecule has 2 amide bonds. The summed E-state index contributed by atoms with van der Waals surface area (Å²) < 4.78 is 0.483. The minimum absolute atomic E-state index is 0.149. The van der Waals surface area contributed by atoms with Gasteiger partial charge in [-0.1, -0.05) is 84.1 Å². The number of anilines is 1. The Morgan fingerprint density at radius 2 is 1.80 bits per heavy atom. The number of aryl methyl sites for hydroxylation is 1. The Kier molecular flexibility index (Phi) is 5.97. The highest BCUT2D eigenvalue weighted by Gasteiger charge is 2.32. The molecule has 1 fully saturated rings. The number of amides is 2. The summed E-state index contributed by atoms with van der Waals surface area (Å²) in [5.41, 5.74) is 2.86. The lowest BCUT2D eigenvalue weighted by atomic mass is 10.1. The molecular weight excluding hydrogens is 412 g/mol. The molecule has 1 heterocycles. The molecule has 150 valence electrons. The third-order valence-electron chi connectivity index (χ3n) is 4.84. The van der Waals surface area contributed by atoms with Crippen LogP contribution in [0.4, 0.5) is 5.69 Å². The molecule has 4 nitrogen and oxygen atoms in total. The average molecular weight is 433 g/mol. The van der Waals surface area contributed by atoms with Crippen molar-refractivity contribution >= 4 is 62.7 Å². The first kappa shape index (κ1) is 20.3. The quantitative estimate of drug-likeness (QED) is 0.434. The van der Waals surface area contributed by atoms with Crippen molar-refractivity contribution in [1.29, 1.82) is 0 Å². The van der Waals surface area contributed by atoms with Crippen molar-refractivity contribution in [2.45, 2.75) is 13.3 Å². The standard InChI is InChI=1S/C24H20N2O2S2/c1-16-6-8-17(9-7-16)14-21-23(28)26(24(29)30-21)13-12-22(27)25-20-11-10-18-4-2-3-5-19(18)15-20/h2-11,14-15H,12-13H2,1H3,(H,25,27). The Labute approximate surface area is 185 Å². The summed E-state index contributed by atoms with van der Waals surface area (Å²) in [6.07, 6.45) is 2.02. The van der Waals surface area contributed by atoms with E-state index in [1.165, 1.54) is 16.7 Å². The van der Waals surface area contributed by atoms with Gasteiger partial charge < -0.3 is 5.32 Å². The molecule has 0 bridgehead atoms. The summed E-state index contributed by atoms with van der Waals surface area (Å²) in [6.45, 7) is 2.28. The summed E-state index contributed by atoms with van der Waals surface area (Å²) in [6, 6.07) is 21.7. The first-order valence-corrected chi connectivity index (χ1v) is 10.8. The van der Waals surface area contributed by atoms with Gasteiger partial charge in [0.2, 0.25) is 5.91 Å². The van der Waals surface area contributed by atoms with Crippen LogP contribution in [0.2, 0.25) is 0 Å². The SMILES string of the molecule is Cc1ccc(C=C2SC(=S)N(CCC(=O)Nc3ccc4ccccc4c3)C2=O)cc1. The van der Waals surface area contributed by atoms with Gasteiger partial charge in [0.05, 0.1) is 4.91 Å². The molecule has 6 heteroatoms. The molecule has 0 aliphatic carbocycles. The van der Waals surface area contributed by atoms with Crippen LogP contribution in [0.3, 0.4) is 0 Å². The Hall–Kier alpha value is -2.96. The fourth-order valence-electron chi connectivity index (χ4n) is 3.21. The number of hydrogen-bond donors (Lipinski definition) is 1. The van der Waals surface area contributed by atoms with Gasteiger partial charge in [0.25, 0.3) is 5.91 Å². The van der Waals surface area contributed by atoms with E-state index in [1.54, 1.807) is 0 Å². The van der Waals surface area contributed by atoms with Crippen molar-refractivity contribution in [2.75, 3.05) is 11.9 Å². The lowest BCUT2D eigenvalue weighted by Gasteiger charge is -2.14. The molecule has 1 saturated heterocycles. The van der Waals surface area contributed by atoms with Gasteiger partial charge in [-0.15, -0.1) is 0 Å². The summed E-state index contributed by atoms with van der Waals surface area (Å²) in [5, 5.41) is 5.08. The maximum atomic E-state index is 12.7. The lowest BCUT2D eigenvalue weighted by Crippen LogP contribution is -2.31. The first-order chi connectivity index (χ1) is 14.5. The second-order valence-electron chi connectivity index (χ2n) is 7.10. The predicted octanol–water partition coefficient (Wildman–Crippen LogP) is 5.38. The van der Waals surface area contributed by atoms with E-state index >= 15 is 0 Å². The molecule has 0 saturated carbocycles. The lowest BCUT2D eigenvalue weighted by molar-refractivity contribution is -0.122. The fourth-order valence-corrected chi connectivity index (χ4v) is 4.52. The van der Waals surface area contributed by atoms with Gasteiger partial charge in [-0.2, -0.15) is 0 Å². The summed E-state index contributed by atoms with van der Waals surface area (Å²) in [4.78, 5) is 27.2. The van der Waals surface area contributed by atoms with Gasteiger partial charge in [-0.05, 0) is 41.5 Å². The molecule has 0 atom stereocenters. The highest BCUT2D eigenvalue weighted by molar-refractivity contribution is 8.26. The van der Waals surface area contributed by atoms with Gasteiger partial charge >= 0.3 is 0 Å². The third kappa shape index (κ3) is 4.61. The summed E-state index contributed by atoms with van der Waals surface area (Å²) in [5.74, 6) is -0.300. The normalized spacial score (nSPS) is 15.2. The number of thioether (sulfide) groups is 1. The molecule has 30 heavy (non-hydrogen) atoms. The topological polar surface area (TPSA) is 49.4 Å². The van der Waals surface area contributed by atoms with Crippen LogP contribution in [-0.4, -0.2) is 27.6 Å². The van der Waals surface area contributed by atoms with Crippen molar-refractivity contribution in [3.63, 3.8) is 0 Å². The molecule has 1 aliphatic heterocycles. The Balaban J connectivity index is 1.37. The minimum atomic E-state index is -0.151. The van der Waals surface area contributed by atoms with Gasteiger partial charge in [-0.25, -0.2) is 0 Å². The van der Waals surface area contributed by atoms with Crippen molar-refractivity contribution in [1.82, 2.24) is 4.90 Å². The monoisotopic (exact) mass is 432 g/mol. The van der Waals surface area contributed by atoms with E-state index in [9.17, 15) is 9.59 Å². The van der Waals surface area contributed by atoms with Crippen molar-refractivity contribution < 1.29 is 9.59 Å². The number of nitrogens with zero attached hydrogens (tertiary/aromatic N) is 1. The van der Waals surface area contributed by atoms with Gasteiger partial charge in [0.15, 0.2) is 0 Å². The van der Waals surface area contributed by atoms with Gasteiger partial charge in [-0.3, -0.25) is 14.5 Å². The number of nitrogens with one attached hydrogen (secondary N) is 1. The number of thiocarbonyl (C=S) groups is 1. The molecule has 0 radical (unpaired) electrons. The molecule has 3 aromatic rings. The molecular formula is C24H20N2O2S2. The van der Waals surface area contributed by atoms with E-state index in [1.807, 2.05) is 79.7 Å². The van der Waals surface area contributed by atoms with E-state index in [0.29, 0.717) is 9.23 Å². The zero-order valence-electron chi connectivity index (χ0n) is 16.4. The van der Waals surface area contributed by atoms with Crippen LogP contribution in [0, 0.1) is 6.92 Å². The molecule has 1 aliphatic rings. The zero-order valence-corrected chi connectivity index (χ0v) is 18.1. The number of carbonyl (C=O) groups is 2. The Morgan fingerprint density at radius 3 is 2.57 bits per heavy atom. The summed E-state index contributed by atoms with van der Waals surface area (Å²) in [7, 11) is 0. The Bertz CT molecular complexity index is 1170. The van der Waals surface area contributed by atoms with Crippen LogP contribution in [0.25, 0.3) is 16.8 Å². The number of rotatable bonds is 5. The molecule has 0 aromatic heterocycles. The zero-order chi connectivity index (χ0) is 21.1. The second kappa shape index (κ2) is 8.81. The van der Waals surface area contributed by atoms with E-state index in [2.05, 4.69) is 5.32 Å². The van der Waals surface area contributed by atoms with Gasteiger partial charge in [0.1, 0.15) is 4.32 Å². The fraction of sp³-hybridized carbons (Fsp3) is 0.125. The Morgan fingerprint density at radius 1 is 1.07 bits per heavy atom. The molecule has 4 rings (SSSR count). The number of carbonyl (C=O) groups excluding carboxylic acids is 2. The van der Waals surface area contributed by atoms with Crippen LogP contribution in [0.1, 0.15) is 17.5 Å². The second-order valence-corrected chi connectivity index (χ2v) is 8.78. The molecule has 0 unspecified atom stereocenters. The summed E-state index contributed by atoms with van der Waals surface area (Å²) >= 11 is 6.64. The number of fused-ring (bicyclic) bond motifs is 1. The maximum Gasteiger partial charge on any atom is 0.266 e. The molecule has 3 aromatic carbocycles. The molecule has 1 N–H and O–H groups in total. The van der Waals surface area contributed by atoms with Crippen LogP contribution in [0.15, 0.2) is 71.6 Å². The predicted molar refractivity (Wildman–Crippen MR) is 128 cm³/mol. The molecule has 0 spiro atoms.